The molecule has 0 aliphatic heterocycles. The van der Waals surface area contributed by atoms with Gasteiger partial charge in [-0.1, -0.05) is 6.92 Å². The van der Waals surface area contributed by atoms with Crippen molar-refractivity contribution < 1.29 is 4.79 Å². The highest BCUT2D eigenvalue weighted by atomic mass is 32.1. The average Bonchev–Trinajstić information content (AvgIpc) is 3.08. The molecule has 132 valence electrons. The van der Waals surface area contributed by atoms with E-state index in [0.717, 1.165) is 17.8 Å². The Kier molecular flexibility index (Phi) is 4.71. The van der Waals surface area contributed by atoms with Crippen molar-refractivity contribution in [3.63, 3.8) is 0 Å². The molecule has 3 rings (SSSR count). The Morgan fingerprint density at radius 2 is 2.12 bits per heavy atom. The number of carbonyl (C=O) groups is 1. The topological polar surface area (TPSA) is 81.3 Å². The fourth-order valence-corrected chi connectivity index (χ4v) is 3.79. The smallest absolute Gasteiger partial charge is 0.268 e. The van der Waals surface area contributed by atoms with Gasteiger partial charge >= 0.3 is 0 Å². The van der Waals surface area contributed by atoms with Gasteiger partial charge in [-0.3, -0.25) is 18.7 Å². The van der Waals surface area contributed by atoms with Crippen molar-refractivity contribution in [2.24, 2.45) is 7.05 Å². The summed E-state index contributed by atoms with van der Waals surface area (Å²) in [5.41, 5.74) is 3.25. The molecule has 7 nitrogen and oxygen atoms in total. The summed E-state index contributed by atoms with van der Waals surface area (Å²) in [6.45, 7) is 6.34. The zero-order valence-electron chi connectivity index (χ0n) is 14.8. The molecule has 0 bridgehead atoms. The van der Waals surface area contributed by atoms with E-state index in [4.69, 9.17) is 0 Å². The molecule has 0 aliphatic carbocycles. The SMILES string of the molecule is CCCNC(=O)Cc1csc2nc(C)c(-c3cc(C)nn3C)c(=O)n12. The van der Waals surface area contributed by atoms with E-state index in [-0.39, 0.29) is 17.9 Å². The third-order valence-electron chi connectivity index (χ3n) is 3.99. The van der Waals surface area contributed by atoms with Gasteiger partial charge in [-0.25, -0.2) is 4.98 Å². The van der Waals surface area contributed by atoms with E-state index in [1.807, 2.05) is 39.3 Å². The van der Waals surface area contributed by atoms with Crippen molar-refractivity contribution in [2.75, 3.05) is 6.54 Å². The van der Waals surface area contributed by atoms with Crippen molar-refractivity contribution in [2.45, 2.75) is 33.6 Å². The van der Waals surface area contributed by atoms with Crippen LogP contribution in [0, 0.1) is 13.8 Å². The minimum absolute atomic E-state index is 0.0908. The first-order valence-electron chi connectivity index (χ1n) is 8.19. The van der Waals surface area contributed by atoms with Crippen molar-refractivity contribution in [1.82, 2.24) is 24.5 Å². The number of rotatable bonds is 5. The van der Waals surface area contributed by atoms with Crippen molar-refractivity contribution >= 4 is 22.2 Å². The molecule has 1 amide bonds. The minimum atomic E-state index is -0.162. The second kappa shape index (κ2) is 6.79. The summed E-state index contributed by atoms with van der Waals surface area (Å²) in [6.07, 6.45) is 1.04. The molecule has 3 aromatic rings. The highest BCUT2D eigenvalue weighted by Crippen LogP contribution is 2.22. The van der Waals surface area contributed by atoms with Crippen molar-refractivity contribution in [3.8, 4) is 11.3 Å². The molecule has 0 atom stereocenters. The molecule has 3 heterocycles. The normalized spacial score (nSPS) is 11.2. The number of amides is 1. The van der Waals surface area contributed by atoms with Crippen LogP contribution in [-0.2, 0) is 18.3 Å². The second-order valence-electron chi connectivity index (χ2n) is 6.04. The zero-order chi connectivity index (χ0) is 18.1. The predicted molar refractivity (Wildman–Crippen MR) is 98.0 cm³/mol. The molecule has 3 aromatic heterocycles. The molecular weight excluding hydrogens is 338 g/mol. The van der Waals surface area contributed by atoms with Gasteiger partial charge in [-0.05, 0) is 26.3 Å². The summed E-state index contributed by atoms with van der Waals surface area (Å²) in [5.74, 6) is -0.0908. The van der Waals surface area contributed by atoms with E-state index in [0.29, 0.717) is 28.5 Å². The number of aromatic nitrogens is 4. The third kappa shape index (κ3) is 3.21. The Bertz CT molecular complexity index is 999. The standard InChI is InChI=1S/C17H21N5O2S/c1-5-6-18-14(23)8-12-9-25-17-19-11(3)15(16(24)22(12)17)13-7-10(2)20-21(13)4/h7,9H,5-6,8H2,1-4H3,(H,18,23). The molecule has 1 N–H and O–H groups in total. The number of fused-ring (bicyclic) bond motifs is 1. The van der Waals surface area contributed by atoms with E-state index in [2.05, 4.69) is 15.4 Å². The number of thiazole rings is 1. The van der Waals surface area contributed by atoms with Gasteiger partial charge < -0.3 is 5.32 Å². The Labute approximate surface area is 149 Å². The quantitative estimate of drug-likeness (QED) is 0.754. The van der Waals surface area contributed by atoms with Crippen molar-refractivity contribution in [3.05, 3.63) is 38.9 Å². The van der Waals surface area contributed by atoms with Crippen LogP contribution in [0.25, 0.3) is 16.2 Å². The summed E-state index contributed by atoms with van der Waals surface area (Å²) < 4.78 is 3.23. The summed E-state index contributed by atoms with van der Waals surface area (Å²) in [4.78, 5) is 30.4. The lowest BCUT2D eigenvalue weighted by Crippen LogP contribution is -2.28. The van der Waals surface area contributed by atoms with Gasteiger partial charge in [0.2, 0.25) is 5.91 Å². The summed E-state index contributed by atoms with van der Waals surface area (Å²) >= 11 is 1.37. The van der Waals surface area contributed by atoms with Gasteiger partial charge in [0.15, 0.2) is 4.96 Å². The monoisotopic (exact) mass is 359 g/mol. The average molecular weight is 359 g/mol. The maximum atomic E-state index is 13.1. The molecule has 0 aliphatic rings. The Hall–Kier alpha value is -2.48. The van der Waals surface area contributed by atoms with Gasteiger partial charge in [0.05, 0.1) is 29.1 Å². The van der Waals surface area contributed by atoms with Gasteiger partial charge in [0, 0.05) is 24.7 Å². The van der Waals surface area contributed by atoms with E-state index in [1.54, 1.807) is 9.08 Å². The van der Waals surface area contributed by atoms with E-state index in [9.17, 15) is 9.59 Å². The van der Waals surface area contributed by atoms with Gasteiger partial charge in [-0.2, -0.15) is 5.10 Å². The van der Waals surface area contributed by atoms with Crippen LogP contribution in [0.3, 0.4) is 0 Å². The number of nitrogens with one attached hydrogen (secondary N) is 1. The zero-order valence-corrected chi connectivity index (χ0v) is 15.6. The number of hydrogen-bond donors (Lipinski definition) is 1. The van der Waals surface area contributed by atoms with Gasteiger partial charge in [0.25, 0.3) is 5.56 Å². The first-order chi connectivity index (χ1) is 11.9. The summed E-state index contributed by atoms with van der Waals surface area (Å²) in [7, 11) is 1.81. The Morgan fingerprint density at radius 1 is 1.36 bits per heavy atom. The molecule has 0 saturated heterocycles. The van der Waals surface area contributed by atoms with Crippen LogP contribution in [-0.4, -0.2) is 31.6 Å². The highest BCUT2D eigenvalue weighted by molar-refractivity contribution is 7.15. The van der Waals surface area contributed by atoms with Crippen molar-refractivity contribution in [1.29, 1.82) is 0 Å². The van der Waals surface area contributed by atoms with E-state index in [1.165, 1.54) is 11.3 Å². The molecule has 0 unspecified atom stereocenters. The fraction of sp³-hybridized carbons (Fsp3) is 0.412. The van der Waals surface area contributed by atoms with Crippen LogP contribution in [0.2, 0.25) is 0 Å². The number of hydrogen-bond acceptors (Lipinski definition) is 5. The minimum Gasteiger partial charge on any atom is -0.356 e. The molecule has 8 heteroatoms. The Morgan fingerprint density at radius 3 is 2.76 bits per heavy atom. The Balaban J connectivity index is 2.12. The second-order valence-corrected chi connectivity index (χ2v) is 6.88. The number of aryl methyl sites for hydroxylation is 3. The van der Waals surface area contributed by atoms with Crippen LogP contribution in [0.5, 0.6) is 0 Å². The van der Waals surface area contributed by atoms with Crippen LogP contribution in [0.15, 0.2) is 16.2 Å². The molecular formula is C17H21N5O2S. The van der Waals surface area contributed by atoms with Crippen LogP contribution in [0.1, 0.15) is 30.4 Å². The number of carbonyl (C=O) groups excluding carboxylic acids is 1. The van der Waals surface area contributed by atoms with Crippen LogP contribution in [0.4, 0.5) is 0 Å². The maximum absolute atomic E-state index is 13.1. The summed E-state index contributed by atoms with van der Waals surface area (Å²) in [5, 5.41) is 8.99. The lowest BCUT2D eigenvalue weighted by Gasteiger charge is -2.08. The summed E-state index contributed by atoms with van der Waals surface area (Å²) in [6, 6.07) is 1.87. The first kappa shape index (κ1) is 17.3. The molecule has 0 spiro atoms. The van der Waals surface area contributed by atoms with E-state index >= 15 is 0 Å². The molecule has 0 radical (unpaired) electrons. The third-order valence-corrected chi connectivity index (χ3v) is 4.87. The highest BCUT2D eigenvalue weighted by Gasteiger charge is 2.19. The van der Waals surface area contributed by atoms with E-state index < -0.39 is 0 Å². The number of nitrogens with zero attached hydrogens (tertiary/aromatic N) is 4. The van der Waals surface area contributed by atoms with Crippen LogP contribution < -0.4 is 10.9 Å². The largest absolute Gasteiger partial charge is 0.356 e. The lowest BCUT2D eigenvalue weighted by atomic mass is 10.1. The van der Waals surface area contributed by atoms with Gasteiger partial charge in [0.1, 0.15) is 0 Å². The molecule has 0 saturated carbocycles. The molecule has 0 aromatic carbocycles. The van der Waals surface area contributed by atoms with Gasteiger partial charge in [-0.15, -0.1) is 11.3 Å². The van der Waals surface area contributed by atoms with Crippen LogP contribution >= 0.6 is 11.3 Å². The maximum Gasteiger partial charge on any atom is 0.268 e. The predicted octanol–water partition coefficient (Wildman–Crippen LogP) is 1.84. The first-order valence-corrected chi connectivity index (χ1v) is 9.07. The lowest BCUT2D eigenvalue weighted by molar-refractivity contribution is -0.120. The fourth-order valence-electron chi connectivity index (χ4n) is 2.86. The molecule has 0 fully saturated rings. The molecule has 25 heavy (non-hydrogen) atoms.